The molecule has 0 atom stereocenters. The number of ether oxygens (including phenoxy) is 1. The molecule has 0 bridgehead atoms. The predicted octanol–water partition coefficient (Wildman–Crippen LogP) is 4.14. The number of carbonyl (C=O) groups is 1. The van der Waals surface area contributed by atoms with Gasteiger partial charge in [-0.3, -0.25) is 4.79 Å². The van der Waals surface area contributed by atoms with E-state index < -0.39 is 0 Å². The van der Waals surface area contributed by atoms with E-state index in [1.807, 2.05) is 30.3 Å². The number of methoxy groups -OCH3 is 1. The van der Waals surface area contributed by atoms with Gasteiger partial charge >= 0.3 is 0 Å². The fraction of sp³-hybridized carbons (Fsp3) is 0.250. The first-order chi connectivity index (χ1) is 11.6. The minimum atomic E-state index is -0.227. The van der Waals surface area contributed by atoms with E-state index in [4.69, 9.17) is 4.74 Å². The van der Waals surface area contributed by atoms with Crippen LogP contribution >= 0.6 is 0 Å². The highest BCUT2D eigenvalue weighted by Crippen LogP contribution is 2.25. The van der Waals surface area contributed by atoms with Crippen LogP contribution < -0.4 is 9.64 Å². The maximum Gasteiger partial charge on any atom is 0.189 e. The molecule has 0 unspecified atom stereocenters. The second-order valence-corrected chi connectivity index (χ2v) is 5.34. The predicted molar refractivity (Wildman–Crippen MR) is 98.0 cm³/mol. The Morgan fingerprint density at radius 2 is 1.79 bits per heavy atom. The van der Waals surface area contributed by atoms with Crippen LogP contribution in [0.4, 0.5) is 5.69 Å². The van der Waals surface area contributed by atoms with Crippen LogP contribution in [0.5, 0.6) is 11.5 Å². The lowest BCUT2D eigenvalue weighted by molar-refractivity contribution is 0.104. The van der Waals surface area contributed by atoms with Gasteiger partial charge in [0.2, 0.25) is 0 Å². The molecule has 0 spiro atoms. The van der Waals surface area contributed by atoms with Crippen molar-refractivity contribution in [2.75, 3.05) is 25.1 Å². The summed E-state index contributed by atoms with van der Waals surface area (Å²) < 4.78 is 5.10. The smallest absolute Gasteiger partial charge is 0.189 e. The van der Waals surface area contributed by atoms with Gasteiger partial charge < -0.3 is 14.7 Å². The van der Waals surface area contributed by atoms with Crippen molar-refractivity contribution in [3.05, 3.63) is 59.7 Å². The minimum absolute atomic E-state index is 0.00350. The number of hydrogen-bond acceptors (Lipinski definition) is 4. The number of anilines is 1. The molecule has 4 nitrogen and oxygen atoms in total. The first-order valence-electron chi connectivity index (χ1n) is 8.03. The highest BCUT2D eigenvalue weighted by atomic mass is 16.5. The number of aromatic hydroxyl groups is 1. The summed E-state index contributed by atoms with van der Waals surface area (Å²) in [6.45, 7) is 5.80. The van der Waals surface area contributed by atoms with Crippen LogP contribution in [0.1, 0.15) is 29.8 Å². The van der Waals surface area contributed by atoms with E-state index in [-0.39, 0.29) is 11.5 Å². The monoisotopic (exact) mass is 325 g/mol. The van der Waals surface area contributed by atoms with Gasteiger partial charge in [-0.05, 0) is 49.8 Å². The topological polar surface area (TPSA) is 49.8 Å². The van der Waals surface area contributed by atoms with Gasteiger partial charge in [-0.1, -0.05) is 18.2 Å². The highest BCUT2D eigenvalue weighted by molar-refractivity contribution is 6.08. The Hall–Kier alpha value is -2.75. The maximum absolute atomic E-state index is 12.3. The van der Waals surface area contributed by atoms with E-state index in [0.29, 0.717) is 5.56 Å². The third kappa shape index (κ3) is 4.16. The summed E-state index contributed by atoms with van der Waals surface area (Å²) in [6.07, 6.45) is 3.19. The van der Waals surface area contributed by atoms with Gasteiger partial charge in [0, 0.05) is 24.8 Å². The molecule has 0 aliphatic carbocycles. The van der Waals surface area contributed by atoms with Crippen molar-refractivity contribution in [3.63, 3.8) is 0 Å². The Kier molecular flexibility index (Phi) is 6.01. The van der Waals surface area contributed by atoms with Gasteiger partial charge in [0.15, 0.2) is 5.78 Å². The van der Waals surface area contributed by atoms with Crippen molar-refractivity contribution in [2.24, 2.45) is 0 Å². The number of rotatable bonds is 7. The quantitative estimate of drug-likeness (QED) is 0.614. The number of phenols is 1. The molecular formula is C20H23NO3. The number of ketones is 1. The fourth-order valence-electron chi connectivity index (χ4n) is 2.49. The van der Waals surface area contributed by atoms with Crippen LogP contribution in [0.15, 0.2) is 48.5 Å². The van der Waals surface area contributed by atoms with Crippen molar-refractivity contribution < 1.29 is 14.6 Å². The number of allylic oxidation sites excluding steroid dienone is 1. The molecule has 0 aliphatic heterocycles. The van der Waals surface area contributed by atoms with Gasteiger partial charge in [-0.2, -0.15) is 0 Å². The molecule has 126 valence electrons. The van der Waals surface area contributed by atoms with Gasteiger partial charge in [0.1, 0.15) is 11.5 Å². The Balaban J connectivity index is 2.15. The van der Waals surface area contributed by atoms with Crippen LogP contribution in [-0.4, -0.2) is 31.1 Å². The molecule has 0 saturated carbocycles. The third-order valence-corrected chi connectivity index (χ3v) is 3.92. The Morgan fingerprint density at radius 1 is 1.12 bits per heavy atom. The number of carbonyl (C=O) groups excluding carboxylic acids is 1. The number of hydrogen-bond donors (Lipinski definition) is 1. The molecule has 0 radical (unpaired) electrons. The zero-order valence-electron chi connectivity index (χ0n) is 14.3. The van der Waals surface area contributed by atoms with Crippen LogP contribution in [0.25, 0.3) is 6.08 Å². The fourth-order valence-corrected chi connectivity index (χ4v) is 2.49. The van der Waals surface area contributed by atoms with Crippen molar-refractivity contribution >= 4 is 17.5 Å². The standard InChI is InChI=1S/C20H23NO3/c1-4-21(5-2)16-9-12-18(20(23)14-16)19(22)13-8-15-6-10-17(24-3)11-7-15/h6-14,23H,4-5H2,1-3H3/b13-8+. The second kappa shape index (κ2) is 8.20. The molecule has 0 heterocycles. The molecule has 0 aromatic heterocycles. The normalized spacial score (nSPS) is 10.8. The van der Waals surface area contributed by atoms with Gasteiger partial charge in [-0.25, -0.2) is 0 Å². The number of nitrogens with zero attached hydrogens (tertiary/aromatic N) is 1. The Labute approximate surface area is 143 Å². The molecular weight excluding hydrogens is 302 g/mol. The average molecular weight is 325 g/mol. The van der Waals surface area contributed by atoms with Crippen LogP contribution in [0.3, 0.4) is 0 Å². The lowest BCUT2D eigenvalue weighted by Gasteiger charge is -2.21. The van der Waals surface area contributed by atoms with E-state index in [1.54, 1.807) is 25.3 Å². The van der Waals surface area contributed by atoms with Gasteiger partial charge in [0.05, 0.1) is 12.7 Å². The van der Waals surface area contributed by atoms with Crippen molar-refractivity contribution in [3.8, 4) is 11.5 Å². The third-order valence-electron chi connectivity index (χ3n) is 3.92. The summed E-state index contributed by atoms with van der Waals surface area (Å²) in [7, 11) is 1.61. The molecule has 0 saturated heterocycles. The lowest BCUT2D eigenvalue weighted by Crippen LogP contribution is -2.21. The summed E-state index contributed by atoms with van der Waals surface area (Å²) in [6, 6.07) is 12.6. The molecule has 0 amide bonds. The Bertz CT molecular complexity index is 716. The summed E-state index contributed by atoms with van der Waals surface area (Å²) in [5.41, 5.74) is 2.10. The van der Waals surface area contributed by atoms with Crippen molar-refractivity contribution in [1.29, 1.82) is 0 Å². The van der Waals surface area contributed by atoms with E-state index in [1.165, 1.54) is 6.08 Å². The molecule has 0 aliphatic rings. The van der Waals surface area contributed by atoms with E-state index >= 15 is 0 Å². The summed E-state index contributed by atoms with van der Waals surface area (Å²) in [4.78, 5) is 14.4. The second-order valence-electron chi connectivity index (χ2n) is 5.34. The maximum atomic E-state index is 12.3. The average Bonchev–Trinajstić information content (AvgIpc) is 2.61. The van der Waals surface area contributed by atoms with Crippen LogP contribution in [0, 0.1) is 0 Å². The van der Waals surface area contributed by atoms with Crippen molar-refractivity contribution in [1.82, 2.24) is 0 Å². The van der Waals surface area contributed by atoms with E-state index in [0.717, 1.165) is 30.1 Å². The van der Waals surface area contributed by atoms with Gasteiger partial charge in [-0.15, -0.1) is 0 Å². The van der Waals surface area contributed by atoms with Crippen molar-refractivity contribution in [2.45, 2.75) is 13.8 Å². The molecule has 4 heteroatoms. The summed E-state index contributed by atoms with van der Waals surface area (Å²) in [5.74, 6) is 0.543. The minimum Gasteiger partial charge on any atom is -0.507 e. The van der Waals surface area contributed by atoms with Gasteiger partial charge in [0.25, 0.3) is 0 Å². The summed E-state index contributed by atoms with van der Waals surface area (Å²) >= 11 is 0. The molecule has 2 aromatic rings. The molecule has 2 aromatic carbocycles. The zero-order valence-corrected chi connectivity index (χ0v) is 14.3. The van der Waals surface area contributed by atoms with Crippen LogP contribution in [-0.2, 0) is 0 Å². The Morgan fingerprint density at radius 3 is 2.33 bits per heavy atom. The molecule has 1 N–H and O–H groups in total. The molecule has 2 rings (SSSR count). The summed E-state index contributed by atoms with van der Waals surface area (Å²) in [5, 5.41) is 10.2. The van der Waals surface area contributed by atoms with E-state index in [2.05, 4.69) is 18.7 Å². The largest absolute Gasteiger partial charge is 0.507 e. The lowest BCUT2D eigenvalue weighted by atomic mass is 10.1. The number of phenolic OH excluding ortho intramolecular Hbond substituents is 1. The van der Waals surface area contributed by atoms with E-state index in [9.17, 15) is 9.90 Å². The highest BCUT2D eigenvalue weighted by Gasteiger charge is 2.11. The zero-order chi connectivity index (χ0) is 17.5. The molecule has 0 fully saturated rings. The SMILES string of the molecule is CCN(CC)c1ccc(C(=O)/C=C/c2ccc(OC)cc2)c(O)c1. The van der Waals surface area contributed by atoms with Crippen LogP contribution in [0.2, 0.25) is 0 Å². The number of benzene rings is 2. The molecule has 24 heavy (non-hydrogen) atoms. The first kappa shape index (κ1) is 17.6. The first-order valence-corrected chi connectivity index (χ1v) is 8.03.